The smallest absolute Gasteiger partial charge is 0.303 e. The summed E-state index contributed by atoms with van der Waals surface area (Å²) in [5.41, 5.74) is 9.96. The number of aliphatic carboxylic acids is 2. The van der Waals surface area contributed by atoms with E-state index < -0.39 is 11.9 Å². The van der Waals surface area contributed by atoms with Crippen molar-refractivity contribution in [2.75, 3.05) is 13.2 Å². The molecule has 0 atom stereocenters. The summed E-state index contributed by atoms with van der Waals surface area (Å²) in [6.45, 7) is 5.04. The molecule has 0 spiro atoms. The number of carboxylic acids is 2. The van der Waals surface area contributed by atoms with Gasteiger partial charge in [-0.1, -0.05) is 35.4 Å². The summed E-state index contributed by atoms with van der Waals surface area (Å²) in [5.74, 6) is 1.56. The van der Waals surface area contributed by atoms with Crippen LogP contribution in [-0.4, -0.2) is 64.4 Å². The van der Waals surface area contributed by atoms with Gasteiger partial charge in [-0.3, -0.25) is 28.7 Å². The van der Waals surface area contributed by atoms with Crippen molar-refractivity contribution in [3.8, 4) is 45.6 Å². The Labute approximate surface area is 347 Å². The second-order valence-electron chi connectivity index (χ2n) is 14.4. The Morgan fingerprint density at radius 2 is 1.07 bits per heavy atom. The van der Waals surface area contributed by atoms with Crippen LogP contribution < -0.4 is 9.47 Å². The Morgan fingerprint density at radius 3 is 1.58 bits per heavy atom. The van der Waals surface area contributed by atoms with Crippen LogP contribution in [0.3, 0.4) is 0 Å². The summed E-state index contributed by atoms with van der Waals surface area (Å²) in [7, 11) is 0. The predicted octanol–water partition coefficient (Wildman–Crippen LogP) is 10.1. The topological polar surface area (TPSA) is 154 Å². The molecule has 0 aliphatic carbocycles. The minimum absolute atomic E-state index is 0.0920. The van der Waals surface area contributed by atoms with Gasteiger partial charge in [-0.25, -0.2) is 9.97 Å². The van der Waals surface area contributed by atoms with Crippen LogP contribution in [0.5, 0.6) is 11.5 Å². The molecular weight excluding hydrogens is 757 g/mol. The summed E-state index contributed by atoms with van der Waals surface area (Å²) in [4.78, 5) is 39.4. The zero-order valence-electron chi connectivity index (χ0n) is 33.6. The van der Waals surface area contributed by atoms with Gasteiger partial charge in [0.2, 0.25) is 0 Å². The average molecular weight is 803 g/mol. The van der Waals surface area contributed by atoms with Gasteiger partial charge < -0.3 is 19.7 Å². The quantitative estimate of drug-likeness (QED) is 0.0902. The molecule has 4 aromatic heterocycles. The van der Waals surface area contributed by atoms with E-state index in [9.17, 15) is 9.59 Å². The van der Waals surface area contributed by atoms with Crippen LogP contribution in [0.1, 0.15) is 49.7 Å². The van der Waals surface area contributed by atoms with E-state index in [1.807, 2.05) is 60.7 Å². The predicted molar refractivity (Wildman–Crippen MR) is 232 cm³/mol. The number of carbonyl (C=O) groups is 2. The van der Waals surface area contributed by atoms with Crippen molar-refractivity contribution in [2.24, 2.45) is 0 Å². The molecule has 0 unspecified atom stereocenters. The van der Waals surface area contributed by atoms with Crippen LogP contribution in [0.4, 0.5) is 0 Å². The second-order valence-corrected chi connectivity index (χ2v) is 14.4. The third kappa shape index (κ3) is 10.2. The monoisotopic (exact) mass is 802 g/mol. The van der Waals surface area contributed by atoms with Gasteiger partial charge >= 0.3 is 11.9 Å². The minimum atomic E-state index is -0.817. The summed E-state index contributed by atoms with van der Waals surface area (Å²) >= 11 is 0. The highest BCUT2D eigenvalue weighted by Gasteiger charge is 2.17. The maximum absolute atomic E-state index is 10.7. The van der Waals surface area contributed by atoms with Crippen LogP contribution in [0.2, 0.25) is 0 Å². The normalized spacial score (nSPS) is 11.0. The first kappa shape index (κ1) is 40.8. The number of unbranched alkanes of at least 4 members (excludes halogenated alkanes) is 2. The van der Waals surface area contributed by atoms with Gasteiger partial charge in [0.15, 0.2) is 0 Å². The highest BCUT2D eigenvalue weighted by atomic mass is 16.5. The largest absolute Gasteiger partial charge is 0.494 e. The number of imidazole rings is 2. The molecule has 0 saturated heterocycles. The summed E-state index contributed by atoms with van der Waals surface area (Å²) < 4.78 is 16.0. The number of ether oxygens (including phenoxy) is 2. The molecule has 0 saturated carbocycles. The second kappa shape index (κ2) is 19.4. The molecule has 12 nitrogen and oxygen atoms in total. The Balaban J connectivity index is 0.000000182. The number of fused-ring (bicyclic) bond motifs is 2. The zero-order valence-corrected chi connectivity index (χ0v) is 33.6. The fourth-order valence-electron chi connectivity index (χ4n) is 6.74. The van der Waals surface area contributed by atoms with E-state index in [2.05, 4.69) is 81.5 Å². The van der Waals surface area contributed by atoms with Gasteiger partial charge in [0.25, 0.3) is 0 Å². The summed E-state index contributed by atoms with van der Waals surface area (Å²) in [5, 5.41) is 17.5. The van der Waals surface area contributed by atoms with E-state index in [0.717, 1.165) is 74.8 Å². The van der Waals surface area contributed by atoms with Crippen LogP contribution in [0, 0.1) is 13.8 Å². The first-order chi connectivity index (χ1) is 29.2. The molecule has 2 N–H and O–H groups in total. The first-order valence-corrected chi connectivity index (χ1v) is 19.9. The zero-order chi connectivity index (χ0) is 41.8. The van der Waals surface area contributed by atoms with Crippen molar-refractivity contribution < 1.29 is 29.3 Å². The number of hydrogen-bond donors (Lipinski definition) is 2. The molecule has 0 aliphatic heterocycles. The molecule has 8 aromatic rings. The lowest BCUT2D eigenvalue weighted by atomic mass is 10.2. The molecular formula is C48H46N6O6. The third-order valence-corrected chi connectivity index (χ3v) is 9.80. The minimum Gasteiger partial charge on any atom is -0.494 e. The van der Waals surface area contributed by atoms with Crippen LogP contribution in [0.25, 0.3) is 56.2 Å². The fraction of sp³-hybridized carbons (Fsp3) is 0.208. The number of aromatic nitrogens is 6. The van der Waals surface area contributed by atoms with Crippen molar-refractivity contribution in [3.63, 3.8) is 0 Å². The van der Waals surface area contributed by atoms with Crippen LogP contribution >= 0.6 is 0 Å². The van der Waals surface area contributed by atoms with Crippen LogP contribution in [0.15, 0.2) is 134 Å². The van der Waals surface area contributed by atoms with Crippen molar-refractivity contribution in [1.29, 1.82) is 0 Å². The van der Waals surface area contributed by atoms with Crippen molar-refractivity contribution in [2.45, 2.75) is 52.4 Å². The standard InChI is InChI=1S/C25H25N3O3.C23H21N3O3/c1-18-6-8-20(9-7-18)28-23-17-21(31-16-4-2-3-5-24(29)30)10-11-22(23)27-25(28)19-12-14-26-15-13-19;1-16-6-8-18(9-7-16)26-21-14-19(29-13-3-5-22(27)28)10-11-20(21)25-23(26)17-4-2-12-24-15-17/h6-15,17H,2-5,16H2,1H3,(H,29,30);2,4,6-12,14-15H,3,5,13H2,1H3,(H,27,28). The van der Waals surface area contributed by atoms with Gasteiger partial charge in [0.05, 0.1) is 35.3 Å². The molecule has 60 heavy (non-hydrogen) atoms. The maximum Gasteiger partial charge on any atom is 0.303 e. The number of hydrogen-bond acceptors (Lipinski definition) is 8. The van der Waals surface area contributed by atoms with Gasteiger partial charge in [0.1, 0.15) is 23.1 Å². The van der Waals surface area contributed by atoms with E-state index in [1.165, 1.54) is 11.1 Å². The van der Waals surface area contributed by atoms with Gasteiger partial charge in [0, 0.05) is 72.3 Å². The molecule has 0 radical (unpaired) electrons. The molecule has 0 aliphatic rings. The summed E-state index contributed by atoms with van der Waals surface area (Å²) in [6.07, 6.45) is 10.2. The number of nitrogens with zero attached hydrogens (tertiary/aromatic N) is 6. The van der Waals surface area contributed by atoms with Gasteiger partial charge in [-0.2, -0.15) is 0 Å². The van der Waals surface area contributed by atoms with E-state index in [1.54, 1.807) is 24.8 Å². The van der Waals surface area contributed by atoms with E-state index in [0.29, 0.717) is 31.8 Å². The molecule has 4 heterocycles. The SMILES string of the molecule is Cc1ccc(-n2c(-c3cccnc3)nc3ccc(OCCCC(=O)O)cc32)cc1.Cc1ccc(-n2c(-c3ccncc3)nc3ccc(OCCCCCC(=O)O)cc32)cc1. The Hall–Kier alpha value is -7.34. The Bertz CT molecular complexity index is 2680. The van der Waals surface area contributed by atoms with Gasteiger partial charge in [-0.05, 0) is 112 Å². The molecule has 4 aromatic carbocycles. The van der Waals surface area contributed by atoms with Crippen molar-refractivity contribution in [1.82, 2.24) is 29.1 Å². The van der Waals surface area contributed by atoms with Crippen molar-refractivity contribution in [3.05, 3.63) is 145 Å². The lowest BCUT2D eigenvalue weighted by molar-refractivity contribution is -0.138. The molecule has 12 heteroatoms. The Kier molecular flexibility index (Phi) is 13.2. The number of pyridine rings is 2. The third-order valence-electron chi connectivity index (χ3n) is 9.80. The highest BCUT2D eigenvalue weighted by molar-refractivity contribution is 5.85. The van der Waals surface area contributed by atoms with Gasteiger partial charge in [-0.15, -0.1) is 0 Å². The number of benzene rings is 4. The fourth-order valence-corrected chi connectivity index (χ4v) is 6.74. The van der Waals surface area contributed by atoms with Crippen molar-refractivity contribution >= 4 is 34.0 Å². The number of rotatable bonds is 16. The Morgan fingerprint density at radius 1 is 0.550 bits per heavy atom. The van der Waals surface area contributed by atoms with E-state index in [-0.39, 0.29) is 12.8 Å². The lowest BCUT2D eigenvalue weighted by Gasteiger charge is -2.11. The average Bonchev–Trinajstić information content (AvgIpc) is 3.84. The van der Waals surface area contributed by atoms with E-state index >= 15 is 0 Å². The molecule has 0 amide bonds. The van der Waals surface area contributed by atoms with E-state index in [4.69, 9.17) is 29.7 Å². The van der Waals surface area contributed by atoms with Crippen LogP contribution in [-0.2, 0) is 9.59 Å². The maximum atomic E-state index is 10.7. The molecule has 8 rings (SSSR count). The first-order valence-electron chi connectivity index (χ1n) is 19.9. The highest BCUT2D eigenvalue weighted by Crippen LogP contribution is 2.32. The molecule has 0 bridgehead atoms. The number of carboxylic acid groups (broad SMARTS) is 2. The molecule has 0 fully saturated rings. The lowest BCUT2D eigenvalue weighted by Crippen LogP contribution is -2.02. The molecule has 304 valence electrons. The summed E-state index contributed by atoms with van der Waals surface area (Å²) in [6, 6.07) is 36.1. The number of aryl methyl sites for hydroxylation is 2.